The van der Waals surface area contributed by atoms with Gasteiger partial charge in [0.15, 0.2) is 0 Å². The molecular weight excluding hydrogens is 214 g/mol. The number of benzene rings is 1. The summed E-state index contributed by atoms with van der Waals surface area (Å²) in [5.74, 6) is -1.19. The van der Waals surface area contributed by atoms with E-state index in [0.29, 0.717) is 10.0 Å². The molecule has 0 nitrogen and oxygen atoms in total. The molecule has 0 aliphatic carbocycles. The Balaban J connectivity index is 3.19. The van der Waals surface area contributed by atoms with Crippen molar-refractivity contribution in [3.8, 4) is 0 Å². The molecule has 0 heterocycles. The highest BCUT2D eigenvalue weighted by atomic mass is 79.9. The summed E-state index contributed by atoms with van der Waals surface area (Å²) in [6.45, 7) is 3.49. The van der Waals surface area contributed by atoms with Gasteiger partial charge in [0, 0.05) is 10.5 Å². The molecule has 0 aliphatic rings. The summed E-state index contributed by atoms with van der Waals surface area (Å²) in [6.07, 6.45) is 0. The summed E-state index contributed by atoms with van der Waals surface area (Å²) in [6, 6.07) is 3.24. The Hall–Kier alpha value is -0.700. The fourth-order valence-electron chi connectivity index (χ4n) is 0.710. The van der Waals surface area contributed by atoms with E-state index in [0.717, 1.165) is 6.07 Å². The molecule has 0 amide bonds. The van der Waals surface area contributed by atoms with Crippen LogP contribution in [0.25, 0.3) is 4.48 Å². The van der Waals surface area contributed by atoms with Gasteiger partial charge in [0.05, 0.1) is 0 Å². The van der Waals surface area contributed by atoms with Crippen LogP contribution in [0.5, 0.6) is 0 Å². The van der Waals surface area contributed by atoms with Crippen molar-refractivity contribution in [1.82, 2.24) is 0 Å². The minimum atomic E-state index is -0.597. The zero-order valence-electron chi connectivity index (χ0n) is 5.57. The minimum absolute atomic E-state index is 0.419. The first kappa shape index (κ1) is 8.40. The molecule has 0 bridgehead atoms. The van der Waals surface area contributed by atoms with Crippen LogP contribution >= 0.6 is 15.9 Å². The summed E-state index contributed by atoms with van der Waals surface area (Å²) < 4.78 is 25.4. The van der Waals surface area contributed by atoms with Crippen LogP contribution in [0, 0.1) is 11.6 Å². The molecule has 1 rings (SSSR count). The van der Waals surface area contributed by atoms with Crippen LogP contribution in [-0.2, 0) is 0 Å². The number of hydrogen-bond acceptors (Lipinski definition) is 0. The predicted octanol–water partition coefficient (Wildman–Crippen LogP) is 3.33. The average molecular weight is 219 g/mol. The molecular formula is C8H5BrF2. The topological polar surface area (TPSA) is 0 Å². The lowest BCUT2D eigenvalue weighted by atomic mass is 10.2. The van der Waals surface area contributed by atoms with Crippen molar-refractivity contribution in [2.24, 2.45) is 0 Å². The van der Waals surface area contributed by atoms with Gasteiger partial charge in [-0.25, -0.2) is 8.78 Å². The van der Waals surface area contributed by atoms with Gasteiger partial charge in [0.1, 0.15) is 11.6 Å². The van der Waals surface area contributed by atoms with E-state index >= 15 is 0 Å². The largest absolute Gasteiger partial charge is 0.207 e. The van der Waals surface area contributed by atoms with Gasteiger partial charge in [0.25, 0.3) is 0 Å². The van der Waals surface area contributed by atoms with Gasteiger partial charge in [-0.2, -0.15) is 0 Å². The molecule has 0 saturated carbocycles. The van der Waals surface area contributed by atoms with E-state index in [9.17, 15) is 8.78 Å². The smallest absolute Gasteiger partial charge is 0.126 e. The van der Waals surface area contributed by atoms with Crippen LogP contribution in [0.4, 0.5) is 8.78 Å². The van der Waals surface area contributed by atoms with Crippen molar-refractivity contribution < 1.29 is 8.78 Å². The van der Waals surface area contributed by atoms with Crippen molar-refractivity contribution in [2.75, 3.05) is 0 Å². The quantitative estimate of drug-likeness (QED) is 0.679. The molecule has 0 N–H and O–H groups in total. The number of rotatable bonds is 1. The van der Waals surface area contributed by atoms with Crippen LogP contribution < -0.4 is 0 Å². The molecule has 3 heteroatoms. The Kier molecular flexibility index (Phi) is 2.39. The first-order valence-electron chi connectivity index (χ1n) is 2.90. The highest BCUT2D eigenvalue weighted by molar-refractivity contribution is 9.15. The van der Waals surface area contributed by atoms with Crippen LogP contribution in [0.15, 0.2) is 24.8 Å². The van der Waals surface area contributed by atoms with E-state index in [-0.39, 0.29) is 0 Å². The molecule has 0 radical (unpaired) electrons. The second-order valence-electron chi connectivity index (χ2n) is 2.06. The van der Waals surface area contributed by atoms with Gasteiger partial charge < -0.3 is 0 Å². The standard InChI is InChI=1S/C8H5BrF2/c1-5(9)6-2-7(10)4-8(11)3-6/h2-4H,1H2. The number of hydrogen-bond donors (Lipinski definition) is 0. The van der Waals surface area contributed by atoms with E-state index in [2.05, 4.69) is 22.5 Å². The molecule has 1 aromatic carbocycles. The summed E-state index contributed by atoms with van der Waals surface area (Å²) in [4.78, 5) is 0. The molecule has 0 atom stereocenters. The first-order valence-corrected chi connectivity index (χ1v) is 3.70. The Morgan fingerprint density at radius 3 is 2.00 bits per heavy atom. The van der Waals surface area contributed by atoms with Gasteiger partial charge in [-0.05, 0) is 17.7 Å². The highest BCUT2D eigenvalue weighted by Gasteiger charge is 2.00. The summed E-state index contributed by atoms with van der Waals surface area (Å²) in [5, 5.41) is 0. The Labute approximate surface area is 71.7 Å². The third-order valence-electron chi connectivity index (χ3n) is 1.18. The normalized spacial score (nSPS) is 9.73. The van der Waals surface area contributed by atoms with Crippen molar-refractivity contribution in [3.63, 3.8) is 0 Å². The average Bonchev–Trinajstić information content (AvgIpc) is 1.85. The predicted molar refractivity (Wildman–Crippen MR) is 44.3 cm³/mol. The minimum Gasteiger partial charge on any atom is -0.207 e. The van der Waals surface area contributed by atoms with Gasteiger partial charge in [-0.1, -0.05) is 22.5 Å². The van der Waals surface area contributed by atoms with Crippen molar-refractivity contribution in [2.45, 2.75) is 0 Å². The van der Waals surface area contributed by atoms with Crippen molar-refractivity contribution >= 4 is 20.4 Å². The maximum Gasteiger partial charge on any atom is 0.126 e. The van der Waals surface area contributed by atoms with Crippen molar-refractivity contribution in [1.29, 1.82) is 0 Å². The molecule has 58 valence electrons. The van der Waals surface area contributed by atoms with Gasteiger partial charge in [-0.15, -0.1) is 0 Å². The third-order valence-corrected chi connectivity index (χ3v) is 1.63. The van der Waals surface area contributed by atoms with E-state index in [1.165, 1.54) is 12.1 Å². The summed E-state index contributed by atoms with van der Waals surface area (Å²) in [7, 11) is 0. The first-order chi connectivity index (χ1) is 5.09. The molecule has 11 heavy (non-hydrogen) atoms. The van der Waals surface area contributed by atoms with Crippen LogP contribution in [-0.4, -0.2) is 0 Å². The van der Waals surface area contributed by atoms with Gasteiger partial charge in [-0.3, -0.25) is 0 Å². The van der Waals surface area contributed by atoms with Crippen LogP contribution in [0.1, 0.15) is 5.56 Å². The van der Waals surface area contributed by atoms with Crippen molar-refractivity contribution in [3.05, 3.63) is 42.0 Å². The maximum atomic E-state index is 12.5. The second kappa shape index (κ2) is 3.13. The van der Waals surface area contributed by atoms with E-state index < -0.39 is 11.6 Å². The fourth-order valence-corrected chi connectivity index (χ4v) is 0.939. The summed E-state index contributed by atoms with van der Waals surface area (Å²) in [5.41, 5.74) is 0.419. The lowest BCUT2D eigenvalue weighted by Gasteiger charge is -1.97. The molecule has 0 spiro atoms. The molecule has 0 unspecified atom stereocenters. The maximum absolute atomic E-state index is 12.5. The lowest BCUT2D eigenvalue weighted by molar-refractivity contribution is 0.583. The molecule has 0 aromatic heterocycles. The van der Waals surface area contributed by atoms with Gasteiger partial charge >= 0.3 is 0 Å². The highest BCUT2D eigenvalue weighted by Crippen LogP contribution is 2.20. The van der Waals surface area contributed by atoms with Crippen LogP contribution in [0.2, 0.25) is 0 Å². The third kappa shape index (κ3) is 2.12. The Morgan fingerprint density at radius 1 is 1.18 bits per heavy atom. The van der Waals surface area contributed by atoms with E-state index in [1.54, 1.807) is 0 Å². The zero-order chi connectivity index (χ0) is 8.43. The Morgan fingerprint density at radius 2 is 1.64 bits per heavy atom. The molecule has 0 fully saturated rings. The van der Waals surface area contributed by atoms with E-state index in [1.807, 2.05) is 0 Å². The second-order valence-corrected chi connectivity index (χ2v) is 3.02. The molecule has 0 saturated heterocycles. The van der Waals surface area contributed by atoms with Gasteiger partial charge in [0.2, 0.25) is 0 Å². The number of halogens is 3. The Bertz CT molecular complexity index is 274. The summed E-state index contributed by atoms with van der Waals surface area (Å²) >= 11 is 3.02. The molecule has 0 aliphatic heterocycles. The lowest BCUT2D eigenvalue weighted by Crippen LogP contribution is -1.82. The SMILES string of the molecule is C=C(Br)c1cc(F)cc(F)c1. The molecule has 1 aromatic rings. The monoisotopic (exact) mass is 218 g/mol. The fraction of sp³-hybridized carbons (Fsp3) is 0. The zero-order valence-corrected chi connectivity index (χ0v) is 7.16. The van der Waals surface area contributed by atoms with Crippen LogP contribution in [0.3, 0.4) is 0 Å². The van der Waals surface area contributed by atoms with E-state index in [4.69, 9.17) is 0 Å².